The molecule has 0 bridgehead atoms. The Bertz CT molecular complexity index is 753. The van der Waals surface area contributed by atoms with E-state index >= 15 is 0 Å². The number of likely N-dealkylation sites (tertiary alicyclic amines) is 1. The molecule has 0 aliphatic carbocycles. The number of fused-ring (bicyclic) bond motifs is 1. The fraction of sp³-hybridized carbons (Fsp3) is 0.357. The highest BCUT2D eigenvalue weighted by Crippen LogP contribution is 2.20. The predicted octanol–water partition coefficient (Wildman–Crippen LogP) is 1.25. The summed E-state index contributed by atoms with van der Waals surface area (Å²) >= 11 is 5.86. The summed E-state index contributed by atoms with van der Waals surface area (Å²) in [5.74, 6) is -0.568. The Morgan fingerprint density at radius 3 is 2.90 bits per heavy atom. The quantitative estimate of drug-likeness (QED) is 0.920. The van der Waals surface area contributed by atoms with Gasteiger partial charge in [0.05, 0.1) is 17.1 Å². The third-order valence-corrected chi connectivity index (χ3v) is 3.78. The number of pyridine rings is 1. The summed E-state index contributed by atoms with van der Waals surface area (Å²) < 4.78 is 1.41. The highest BCUT2D eigenvalue weighted by Gasteiger charge is 2.28. The molecular formula is C14H14ClN3O3. The van der Waals surface area contributed by atoms with Gasteiger partial charge in [-0.05, 0) is 18.1 Å². The summed E-state index contributed by atoms with van der Waals surface area (Å²) in [4.78, 5) is 29.1. The minimum atomic E-state index is -0.765. The molecule has 1 aliphatic heterocycles. The molecule has 7 heteroatoms. The smallest absolute Gasteiger partial charge is 0.303 e. The van der Waals surface area contributed by atoms with Crippen molar-refractivity contribution in [2.75, 3.05) is 13.1 Å². The molecule has 3 rings (SSSR count). The molecule has 0 aromatic carbocycles. The Hall–Kier alpha value is -1.92. The molecule has 3 heterocycles. The maximum atomic E-state index is 12.0. The van der Waals surface area contributed by atoms with Crippen molar-refractivity contribution in [3.05, 3.63) is 45.5 Å². The first-order valence-corrected chi connectivity index (χ1v) is 7.01. The van der Waals surface area contributed by atoms with E-state index in [1.165, 1.54) is 10.5 Å². The molecular weight excluding hydrogens is 294 g/mol. The van der Waals surface area contributed by atoms with Crippen molar-refractivity contribution >= 4 is 23.2 Å². The van der Waals surface area contributed by atoms with Gasteiger partial charge in [-0.1, -0.05) is 11.6 Å². The van der Waals surface area contributed by atoms with Gasteiger partial charge in [0.15, 0.2) is 0 Å². The van der Waals surface area contributed by atoms with Crippen LogP contribution in [0.25, 0.3) is 5.65 Å². The number of nitrogens with zero attached hydrogens (tertiary/aromatic N) is 3. The topological polar surface area (TPSA) is 74.9 Å². The molecule has 0 radical (unpaired) electrons. The SMILES string of the molecule is O=C(O)CC1CN(Cc2cc(=O)n3cc(Cl)ccc3n2)C1. The van der Waals surface area contributed by atoms with Crippen LogP contribution in [0.4, 0.5) is 0 Å². The zero-order valence-corrected chi connectivity index (χ0v) is 12.0. The molecule has 0 unspecified atom stereocenters. The van der Waals surface area contributed by atoms with Crippen molar-refractivity contribution in [1.29, 1.82) is 0 Å². The monoisotopic (exact) mass is 307 g/mol. The Labute approximate surface area is 125 Å². The zero-order valence-electron chi connectivity index (χ0n) is 11.2. The normalized spacial score (nSPS) is 16.0. The lowest BCUT2D eigenvalue weighted by Crippen LogP contribution is -2.46. The third kappa shape index (κ3) is 3.06. The Morgan fingerprint density at radius 1 is 1.43 bits per heavy atom. The van der Waals surface area contributed by atoms with Crippen LogP contribution in [0.5, 0.6) is 0 Å². The van der Waals surface area contributed by atoms with Crippen molar-refractivity contribution in [3.8, 4) is 0 Å². The number of hydrogen-bond donors (Lipinski definition) is 1. The van der Waals surface area contributed by atoms with E-state index < -0.39 is 5.97 Å². The van der Waals surface area contributed by atoms with Crippen molar-refractivity contribution in [3.63, 3.8) is 0 Å². The summed E-state index contributed by atoms with van der Waals surface area (Å²) in [7, 11) is 0. The van der Waals surface area contributed by atoms with E-state index in [0.717, 1.165) is 13.1 Å². The van der Waals surface area contributed by atoms with Gasteiger partial charge in [-0.15, -0.1) is 0 Å². The Kier molecular flexibility index (Phi) is 3.65. The highest BCUT2D eigenvalue weighted by molar-refractivity contribution is 6.30. The van der Waals surface area contributed by atoms with Gasteiger partial charge in [0.2, 0.25) is 0 Å². The maximum Gasteiger partial charge on any atom is 0.303 e. The van der Waals surface area contributed by atoms with Crippen LogP contribution < -0.4 is 5.56 Å². The molecule has 0 amide bonds. The molecule has 1 saturated heterocycles. The van der Waals surface area contributed by atoms with Gasteiger partial charge in [-0.2, -0.15) is 0 Å². The molecule has 2 aromatic heterocycles. The summed E-state index contributed by atoms with van der Waals surface area (Å²) in [5.41, 5.74) is 1.08. The van der Waals surface area contributed by atoms with Gasteiger partial charge in [0, 0.05) is 31.9 Å². The van der Waals surface area contributed by atoms with Crippen LogP contribution in [-0.2, 0) is 11.3 Å². The summed E-state index contributed by atoms with van der Waals surface area (Å²) in [6, 6.07) is 4.89. The average molecular weight is 308 g/mol. The first-order chi connectivity index (χ1) is 10.0. The number of carbonyl (C=O) groups is 1. The average Bonchev–Trinajstić information content (AvgIpc) is 2.37. The molecule has 110 valence electrons. The lowest BCUT2D eigenvalue weighted by molar-refractivity contribution is -0.139. The zero-order chi connectivity index (χ0) is 15.0. The van der Waals surface area contributed by atoms with Crippen LogP contribution in [-0.4, -0.2) is 38.4 Å². The second kappa shape index (κ2) is 5.46. The van der Waals surface area contributed by atoms with E-state index in [1.54, 1.807) is 18.3 Å². The van der Waals surface area contributed by atoms with E-state index in [9.17, 15) is 9.59 Å². The van der Waals surface area contributed by atoms with Gasteiger partial charge in [0.1, 0.15) is 5.65 Å². The minimum Gasteiger partial charge on any atom is -0.481 e. The van der Waals surface area contributed by atoms with Gasteiger partial charge >= 0.3 is 5.97 Å². The fourth-order valence-electron chi connectivity index (χ4n) is 2.62. The van der Waals surface area contributed by atoms with Gasteiger partial charge in [0.25, 0.3) is 5.56 Å². The lowest BCUT2D eigenvalue weighted by atomic mass is 9.96. The second-order valence-electron chi connectivity index (χ2n) is 5.32. The number of hydrogen-bond acceptors (Lipinski definition) is 4. The number of carboxylic acid groups (broad SMARTS) is 1. The minimum absolute atomic E-state index is 0.167. The van der Waals surface area contributed by atoms with Gasteiger partial charge in [-0.3, -0.25) is 18.9 Å². The fourth-order valence-corrected chi connectivity index (χ4v) is 2.78. The van der Waals surface area contributed by atoms with E-state index in [-0.39, 0.29) is 17.9 Å². The first-order valence-electron chi connectivity index (χ1n) is 6.63. The van der Waals surface area contributed by atoms with Crippen LogP contribution in [0.1, 0.15) is 12.1 Å². The highest BCUT2D eigenvalue weighted by atomic mass is 35.5. The van der Waals surface area contributed by atoms with Crippen molar-refractivity contribution in [1.82, 2.24) is 14.3 Å². The predicted molar refractivity (Wildman–Crippen MR) is 77.5 cm³/mol. The van der Waals surface area contributed by atoms with Gasteiger partial charge < -0.3 is 5.11 Å². The van der Waals surface area contributed by atoms with E-state index in [0.29, 0.717) is 22.9 Å². The number of aromatic nitrogens is 2. The molecule has 1 N–H and O–H groups in total. The van der Waals surface area contributed by atoms with Crippen LogP contribution in [0.2, 0.25) is 5.02 Å². The number of aliphatic carboxylic acids is 1. The summed E-state index contributed by atoms with van der Waals surface area (Å²) in [6.45, 7) is 2.02. The maximum absolute atomic E-state index is 12.0. The largest absolute Gasteiger partial charge is 0.481 e. The molecule has 2 aromatic rings. The van der Waals surface area contributed by atoms with Crippen molar-refractivity contribution < 1.29 is 9.90 Å². The third-order valence-electron chi connectivity index (χ3n) is 3.56. The molecule has 0 atom stereocenters. The van der Waals surface area contributed by atoms with Crippen LogP contribution >= 0.6 is 11.6 Å². The number of halogens is 1. The lowest BCUT2D eigenvalue weighted by Gasteiger charge is -2.38. The molecule has 0 saturated carbocycles. The molecule has 0 spiro atoms. The first kappa shape index (κ1) is 14.0. The summed E-state index contributed by atoms with van der Waals surface area (Å²) in [6.07, 6.45) is 1.74. The standard InChI is InChI=1S/C14H14ClN3O3/c15-10-1-2-12-16-11(4-13(19)18(12)7-10)8-17-5-9(6-17)3-14(20)21/h1-2,4,7,9H,3,5-6,8H2,(H,20,21). The van der Waals surface area contributed by atoms with Crippen LogP contribution in [0, 0.1) is 5.92 Å². The van der Waals surface area contributed by atoms with Crippen LogP contribution in [0.15, 0.2) is 29.2 Å². The van der Waals surface area contributed by atoms with Crippen molar-refractivity contribution in [2.45, 2.75) is 13.0 Å². The molecule has 6 nitrogen and oxygen atoms in total. The number of rotatable bonds is 4. The molecule has 21 heavy (non-hydrogen) atoms. The Balaban J connectivity index is 1.73. The van der Waals surface area contributed by atoms with E-state index in [1.807, 2.05) is 0 Å². The van der Waals surface area contributed by atoms with E-state index in [4.69, 9.17) is 16.7 Å². The van der Waals surface area contributed by atoms with Crippen molar-refractivity contribution in [2.24, 2.45) is 5.92 Å². The Morgan fingerprint density at radius 2 is 2.19 bits per heavy atom. The van der Waals surface area contributed by atoms with Crippen LogP contribution in [0.3, 0.4) is 0 Å². The molecule has 1 fully saturated rings. The second-order valence-corrected chi connectivity index (χ2v) is 5.76. The van der Waals surface area contributed by atoms with Gasteiger partial charge in [-0.25, -0.2) is 4.98 Å². The van der Waals surface area contributed by atoms with E-state index in [2.05, 4.69) is 9.88 Å². The number of carboxylic acids is 1. The summed E-state index contributed by atoms with van der Waals surface area (Å²) in [5, 5.41) is 9.20. The molecule has 1 aliphatic rings.